The van der Waals surface area contributed by atoms with Crippen molar-refractivity contribution in [3.05, 3.63) is 32.1 Å². The first-order valence-electron chi connectivity index (χ1n) is 2.90. The second-order valence-electron chi connectivity index (χ2n) is 2.05. The molecule has 0 aliphatic rings. The van der Waals surface area contributed by atoms with Crippen molar-refractivity contribution in [3.8, 4) is 0 Å². The highest BCUT2D eigenvalue weighted by atomic mass is 127. The van der Waals surface area contributed by atoms with Crippen LogP contribution in [0.4, 0.5) is 4.39 Å². The molecule has 1 aromatic rings. The lowest BCUT2D eigenvalue weighted by Crippen LogP contribution is -2.01. The van der Waals surface area contributed by atoms with E-state index in [4.69, 9.17) is 16.7 Å². The van der Waals surface area contributed by atoms with Gasteiger partial charge >= 0.3 is 5.97 Å². The summed E-state index contributed by atoms with van der Waals surface area (Å²) >= 11 is 7.23. The van der Waals surface area contributed by atoms with E-state index in [1.807, 2.05) is 0 Å². The van der Waals surface area contributed by atoms with Gasteiger partial charge in [-0.3, -0.25) is 0 Å². The Morgan fingerprint density at radius 2 is 2.17 bits per heavy atom. The monoisotopic (exact) mass is 300 g/mol. The molecule has 0 saturated heterocycles. The van der Waals surface area contributed by atoms with Crippen LogP contribution in [0, 0.1) is 9.39 Å². The topological polar surface area (TPSA) is 37.3 Å². The average molecular weight is 300 g/mol. The molecule has 2 nitrogen and oxygen atoms in total. The van der Waals surface area contributed by atoms with Crippen molar-refractivity contribution in [2.75, 3.05) is 0 Å². The van der Waals surface area contributed by atoms with E-state index in [-0.39, 0.29) is 10.6 Å². The number of carboxylic acid groups (broad SMARTS) is 1. The molecule has 0 aliphatic heterocycles. The molecule has 5 heteroatoms. The number of rotatable bonds is 1. The number of carboxylic acids is 1. The van der Waals surface area contributed by atoms with Crippen LogP contribution in [0.5, 0.6) is 0 Å². The van der Waals surface area contributed by atoms with Gasteiger partial charge in [0.25, 0.3) is 0 Å². The van der Waals surface area contributed by atoms with Crippen molar-refractivity contribution in [1.82, 2.24) is 0 Å². The first-order chi connectivity index (χ1) is 5.52. The minimum atomic E-state index is -1.15. The zero-order valence-corrected chi connectivity index (χ0v) is 8.56. The van der Waals surface area contributed by atoms with Gasteiger partial charge in [0.1, 0.15) is 5.82 Å². The van der Waals surface area contributed by atoms with Gasteiger partial charge in [0.15, 0.2) is 0 Å². The molecular weight excluding hydrogens is 297 g/mol. The van der Waals surface area contributed by atoms with Crippen LogP contribution in [0.25, 0.3) is 0 Å². The molecule has 1 aromatic carbocycles. The Morgan fingerprint density at radius 1 is 1.58 bits per heavy atom. The number of halogens is 3. The lowest BCUT2D eigenvalue weighted by atomic mass is 10.2. The molecule has 0 atom stereocenters. The molecule has 0 heterocycles. The van der Waals surface area contributed by atoms with E-state index in [1.165, 1.54) is 0 Å². The minimum Gasteiger partial charge on any atom is -0.478 e. The molecule has 1 N–H and O–H groups in total. The normalized spacial score (nSPS) is 9.92. The molecule has 0 spiro atoms. The predicted molar refractivity (Wildman–Crippen MR) is 51.1 cm³/mol. The van der Waals surface area contributed by atoms with Crippen LogP contribution in [0.15, 0.2) is 12.1 Å². The number of carbonyl (C=O) groups is 1. The lowest BCUT2D eigenvalue weighted by molar-refractivity contribution is 0.0696. The molecule has 0 fully saturated rings. The standard InChI is InChI=1S/C7H3ClFIO2/c8-4-1-3(9)2-5(10)6(4)7(11)12/h1-2H,(H,11,12). The third kappa shape index (κ3) is 1.87. The minimum absolute atomic E-state index is 0.0568. The van der Waals surface area contributed by atoms with Crippen molar-refractivity contribution in [2.24, 2.45) is 0 Å². The average Bonchev–Trinajstić information content (AvgIpc) is 1.82. The van der Waals surface area contributed by atoms with E-state index in [0.29, 0.717) is 3.57 Å². The van der Waals surface area contributed by atoms with Crippen LogP contribution in [0.3, 0.4) is 0 Å². The zero-order chi connectivity index (χ0) is 9.30. The fraction of sp³-hybridized carbons (Fsp3) is 0. The van der Waals surface area contributed by atoms with E-state index in [1.54, 1.807) is 22.6 Å². The molecule has 0 saturated carbocycles. The second kappa shape index (κ2) is 3.57. The van der Waals surface area contributed by atoms with E-state index in [9.17, 15) is 9.18 Å². The van der Waals surface area contributed by atoms with Crippen LogP contribution in [-0.2, 0) is 0 Å². The first-order valence-corrected chi connectivity index (χ1v) is 4.36. The summed E-state index contributed by atoms with van der Waals surface area (Å²) in [6, 6.07) is 2.10. The summed E-state index contributed by atoms with van der Waals surface area (Å²) in [5, 5.41) is 8.55. The van der Waals surface area contributed by atoms with Crippen LogP contribution in [0.2, 0.25) is 5.02 Å². The fourth-order valence-electron chi connectivity index (χ4n) is 0.747. The fourth-order valence-corrected chi connectivity index (χ4v) is 2.01. The van der Waals surface area contributed by atoms with Gasteiger partial charge in [0, 0.05) is 3.57 Å². The quantitative estimate of drug-likeness (QED) is 0.810. The van der Waals surface area contributed by atoms with Gasteiger partial charge in [-0.1, -0.05) is 11.6 Å². The lowest BCUT2D eigenvalue weighted by Gasteiger charge is -2.01. The maximum absolute atomic E-state index is 12.6. The number of aromatic carboxylic acids is 1. The second-order valence-corrected chi connectivity index (χ2v) is 3.62. The molecule has 64 valence electrons. The number of hydrogen-bond donors (Lipinski definition) is 1. The summed E-state index contributed by atoms with van der Waals surface area (Å²) in [7, 11) is 0. The van der Waals surface area contributed by atoms with E-state index >= 15 is 0 Å². The van der Waals surface area contributed by atoms with Gasteiger partial charge < -0.3 is 5.11 Å². The molecule has 1 rings (SSSR count). The maximum Gasteiger partial charge on any atom is 0.338 e. The van der Waals surface area contributed by atoms with Gasteiger partial charge in [-0.15, -0.1) is 0 Å². The Balaban J connectivity index is 3.38. The summed E-state index contributed by atoms with van der Waals surface area (Å²) in [5.41, 5.74) is -0.0568. The smallest absolute Gasteiger partial charge is 0.338 e. The van der Waals surface area contributed by atoms with Gasteiger partial charge in [-0.05, 0) is 34.7 Å². The van der Waals surface area contributed by atoms with Crippen LogP contribution in [0.1, 0.15) is 10.4 Å². The van der Waals surface area contributed by atoms with Gasteiger partial charge in [0.2, 0.25) is 0 Å². The van der Waals surface area contributed by atoms with Gasteiger partial charge in [-0.2, -0.15) is 0 Å². The Hall–Kier alpha value is -0.360. The maximum atomic E-state index is 12.6. The SMILES string of the molecule is O=C(O)c1c(Cl)cc(F)cc1I. The Labute approximate surface area is 86.5 Å². The Bertz CT molecular complexity index is 317. The Morgan fingerprint density at radius 3 is 2.58 bits per heavy atom. The number of benzene rings is 1. The number of hydrogen-bond acceptors (Lipinski definition) is 1. The first kappa shape index (κ1) is 9.73. The van der Waals surface area contributed by atoms with Gasteiger partial charge in [0.05, 0.1) is 10.6 Å². The highest BCUT2D eigenvalue weighted by molar-refractivity contribution is 14.1. The third-order valence-electron chi connectivity index (χ3n) is 1.22. The van der Waals surface area contributed by atoms with Crippen molar-refractivity contribution in [2.45, 2.75) is 0 Å². The molecule has 0 amide bonds. The van der Waals surface area contributed by atoms with E-state index < -0.39 is 11.8 Å². The van der Waals surface area contributed by atoms with Crippen molar-refractivity contribution >= 4 is 40.2 Å². The van der Waals surface area contributed by atoms with Crippen LogP contribution >= 0.6 is 34.2 Å². The van der Waals surface area contributed by atoms with Crippen molar-refractivity contribution in [1.29, 1.82) is 0 Å². The van der Waals surface area contributed by atoms with Crippen molar-refractivity contribution in [3.63, 3.8) is 0 Å². The molecule has 0 radical (unpaired) electrons. The molecule has 12 heavy (non-hydrogen) atoms. The molecule has 0 aromatic heterocycles. The molecule has 0 bridgehead atoms. The molecular formula is C7H3ClFIO2. The summed E-state index contributed by atoms with van der Waals surface area (Å²) in [6.07, 6.45) is 0. The van der Waals surface area contributed by atoms with Crippen LogP contribution in [-0.4, -0.2) is 11.1 Å². The highest BCUT2D eigenvalue weighted by Gasteiger charge is 2.13. The predicted octanol–water partition coefficient (Wildman–Crippen LogP) is 2.78. The van der Waals surface area contributed by atoms with E-state index in [0.717, 1.165) is 12.1 Å². The summed E-state index contributed by atoms with van der Waals surface area (Å²) < 4.78 is 12.9. The van der Waals surface area contributed by atoms with Gasteiger partial charge in [-0.25, -0.2) is 9.18 Å². The third-order valence-corrected chi connectivity index (χ3v) is 2.37. The zero-order valence-electron chi connectivity index (χ0n) is 5.64. The van der Waals surface area contributed by atoms with Crippen LogP contribution < -0.4 is 0 Å². The van der Waals surface area contributed by atoms with E-state index in [2.05, 4.69) is 0 Å². The summed E-state index contributed by atoms with van der Waals surface area (Å²) in [5.74, 6) is -1.68. The molecule has 0 aliphatic carbocycles. The largest absolute Gasteiger partial charge is 0.478 e. The highest BCUT2D eigenvalue weighted by Crippen LogP contribution is 2.23. The van der Waals surface area contributed by atoms with Crippen molar-refractivity contribution < 1.29 is 14.3 Å². The summed E-state index contributed by atoms with van der Waals surface area (Å²) in [6.45, 7) is 0. The Kier molecular flexibility index (Phi) is 2.89. The molecule has 0 unspecified atom stereocenters. The summed E-state index contributed by atoms with van der Waals surface area (Å²) in [4.78, 5) is 10.5.